The lowest BCUT2D eigenvalue weighted by molar-refractivity contribution is 0.666. The Balaban J connectivity index is 1.01. The molecule has 0 aliphatic carbocycles. The van der Waals surface area contributed by atoms with E-state index in [9.17, 15) is 0 Å². The molecule has 8 aromatic carbocycles. The van der Waals surface area contributed by atoms with Gasteiger partial charge in [0.15, 0.2) is 11.4 Å². The molecule has 0 saturated carbocycles. The number of nitrogens with zero attached hydrogens (tertiary/aromatic N) is 3. The van der Waals surface area contributed by atoms with Gasteiger partial charge < -0.3 is 18.7 Å². The van der Waals surface area contributed by atoms with Crippen LogP contribution in [-0.4, -0.2) is 16.2 Å². The van der Waals surface area contributed by atoms with Gasteiger partial charge >= 0.3 is 0 Å². The highest BCUT2D eigenvalue weighted by atomic mass is 16.3. The van der Waals surface area contributed by atoms with Crippen LogP contribution in [0.5, 0.6) is 0 Å². The number of nitrogens with one attached hydrogen (secondary N) is 1. The predicted molar refractivity (Wildman–Crippen MR) is 233 cm³/mol. The van der Waals surface area contributed by atoms with Gasteiger partial charge in [0.05, 0.1) is 16.7 Å². The van der Waals surface area contributed by atoms with E-state index in [-0.39, 0.29) is 6.17 Å². The Morgan fingerprint density at radius 1 is 0.474 bits per heavy atom. The largest absolute Gasteiger partial charge is 0.456 e. The topological polar surface area (TPSA) is 68.0 Å². The van der Waals surface area contributed by atoms with Gasteiger partial charge in [-0.3, -0.25) is 0 Å². The normalized spacial score (nSPS) is 14.5. The van der Waals surface area contributed by atoms with Crippen molar-refractivity contribution in [3.05, 3.63) is 199 Å². The number of fused-ring (bicyclic) bond motifs is 9. The summed E-state index contributed by atoms with van der Waals surface area (Å²) in [6.07, 6.45) is -0.284. The van der Waals surface area contributed by atoms with E-state index in [0.717, 1.165) is 94.3 Å². The lowest BCUT2D eigenvalue weighted by Gasteiger charge is -2.23. The number of hydrogen-bond acceptors (Lipinski definition) is 5. The van der Waals surface area contributed by atoms with Gasteiger partial charge in [-0.25, -0.2) is 9.98 Å². The average molecular weight is 733 g/mol. The quantitative estimate of drug-likeness (QED) is 0.192. The molecule has 0 radical (unpaired) electrons. The summed E-state index contributed by atoms with van der Waals surface area (Å²) in [6.45, 7) is 0. The Kier molecular flexibility index (Phi) is 6.89. The monoisotopic (exact) mass is 732 g/mol. The zero-order valence-corrected chi connectivity index (χ0v) is 30.6. The van der Waals surface area contributed by atoms with E-state index in [1.54, 1.807) is 0 Å². The molecule has 12 rings (SSSR count). The lowest BCUT2D eigenvalue weighted by atomic mass is 9.97. The highest BCUT2D eigenvalue weighted by molar-refractivity contribution is 6.18. The van der Waals surface area contributed by atoms with E-state index >= 15 is 0 Å². The van der Waals surface area contributed by atoms with Crippen LogP contribution in [0.3, 0.4) is 0 Å². The summed E-state index contributed by atoms with van der Waals surface area (Å²) in [5.74, 6) is 1.45. The Bertz CT molecular complexity index is 3390. The first kappa shape index (κ1) is 31.6. The van der Waals surface area contributed by atoms with Gasteiger partial charge in [-0.05, 0) is 71.3 Å². The molecule has 57 heavy (non-hydrogen) atoms. The van der Waals surface area contributed by atoms with Crippen LogP contribution in [0.4, 0.5) is 0 Å². The van der Waals surface area contributed by atoms with E-state index in [4.69, 9.17) is 18.8 Å². The third-order valence-corrected chi connectivity index (χ3v) is 11.3. The number of rotatable bonds is 5. The molecular formula is C51H32N4O2. The van der Waals surface area contributed by atoms with Gasteiger partial charge in [-0.1, -0.05) is 127 Å². The molecule has 0 saturated heterocycles. The molecule has 0 fully saturated rings. The molecule has 1 aliphatic heterocycles. The molecular weight excluding hydrogens is 701 g/mol. The van der Waals surface area contributed by atoms with Crippen LogP contribution in [0.15, 0.2) is 201 Å². The number of benzene rings is 8. The Morgan fingerprint density at radius 2 is 1.12 bits per heavy atom. The first-order valence-corrected chi connectivity index (χ1v) is 19.2. The molecule has 6 nitrogen and oxygen atoms in total. The maximum Gasteiger partial charge on any atom is 0.159 e. The van der Waals surface area contributed by atoms with Crippen molar-refractivity contribution in [3.63, 3.8) is 0 Å². The Hall–Kier alpha value is -7.70. The van der Waals surface area contributed by atoms with Crippen LogP contribution >= 0.6 is 0 Å². The molecule has 1 N–H and O–H groups in total. The van der Waals surface area contributed by atoms with Crippen molar-refractivity contribution in [2.45, 2.75) is 6.17 Å². The highest BCUT2D eigenvalue weighted by Crippen LogP contribution is 2.42. The number of para-hydroxylation sites is 3. The summed E-state index contributed by atoms with van der Waals surface area (Å²) >= 11 is 0. The van der Waals surface area contributed by atoms with Crippen LogP contribution in [0.1, 0.15) is 22.9 Å². The number of furan rings is 2. The molecule has 3 aromatic heterocycles. The van der Waals surface area contributed by atoms with E-state index in [1.165, 1.54) is 10.8 Å². The summed E-state index contributed by atoms with van der Waals surface area (Å²) in [6, 6.07) is 63.2. The van der Waals surface area contributed by atoms with Crippen LogP contribution in [0.25, 0.3) is 82.5 Å². The molecule has 0 amide bonds. The number of hydrogen-bond donors (Lipinski definition) is 1. The van der Waals surface area contributed by atoms with Crippen molar-refractivity contribution in [3.8, 4) is 16.8 Å². The number of aliphatic imine (C=N–C) groups is 2. The highest BCUT2D eigenvalue weighted by Gasteiger charge is 2.23. The van der Waals surface area contributed by atoms with E-state index in [1.807, 2.05) is 48.5 Å². The maximum absolute atomic E-state index is 6.73. The number of aromatic nitrogens is 1. The van der Waals surface area contributed by atoms with Crippen molar-refractivity contribution in [2.75, 3.05) is 0 Å². The smallest absolute Gasteiger partial charge is 0.159 e. The van der Waals surface area contributed by atoms with Crippen molar-refractivity contribution in [1.29, 1.82) is 0 Å². The molecule has 11 aromatic rings. The minimum Gasteiger partial charge on any atom is -0.456 e. The van der Waals surface area contributed by atoms with E-state index < -0.39 is 0 Å². The maximum atomic E-state index is 6.73. The molecule has 6 heteroatoms. The van der Waals surface area contributed by atoms with Gasteiger partial charge in [0, 0.05) is 43.4 Å². The number of amidine groups is 2. The van der Waals surface area contributed by atoms with E-state index in [2.05, 4.69) is 143 Å². The lowest BCUT2D eigenvalue weighted by Crippen LogP contribution is -2.33. The predicted octanol–water partition coefficient (Wildman–Crippen LogP) is 12.7. The summed E-state index contributed by atoms with van der Waals surface area (Å²) in [4.78, 5) is 10.2. The summed E-state index contributed by atoms with van der Waals surface area (Å²) in [5, 5.41) is 10.2. The SMILES string of the molecule is c1ccc(C2=NC(c3ccc4oc5cccc(-c6ccc7oc8c(-n9c%10ccccc%10c%10ccccc%109)cccc8c7c6)c5c4c3)=NC(c3ccccc3)N2)cc1. The second kappa shape index (κ2) is 12.4. The summed E-state index contributed by atoms with van der Waals surface area (Å²) in [5.41, 5.74) is 11.8. The molecule has 1 aliphatic rings. The molecule has 4 heterocycles. The zero-order valence-electron chi connectivity index (χ0n) is 30.6. The fourth-order valence-electron chi connectivity index (χ4n) is 8.64. The Labute approximate surface area is 326 Å². The van der Waals surface area contributed by atoms with Gasteiger partial charge in [0.2, 0.25) is 0 Å². The van der Waals surface area contributed by atoms with Gasteiger partial charge in [-0.2, -0.15) is 0 Å². The fraction of sp³-hybridized carbons (Fsp3) is 0.0196. The molecule has 1 unspecified atom stereocenters. The molecule has 0 spiro atoms. The third-order valence-electron chi connectivity index (χ3n) is 11.3. The molecule has 1 atom stereocenters. The minimum absolute atomic E-state index is 0.284. The first-order valence-electron chi connectivity index (χ1n) is 19.2. The molecule has 268 valence electrons. The average Bonchev–Trinajstić information content (AvgIpc) is 3.96. The summed E-state index contributed by atoms with van der Waals surface area (Å²) < 4.78 is 15.6. The van der Waals surface area contributed by atoms with Crippen molar-refractivity contribution in [1.82, 2.24) is 9.88 Å². The minimum atomic E-state index is -0.284. The van der Waals surface area contributed by atoms with E-state index in [0.29, 0.717) is 5.84 Å². The zero-order chi connectivity index (χ0) is 37.5. The van der Waals surface area contributed by atoms with Crippen LogP contribution in [0, 0.1) is 0 Å². The second-order valence-corrected chi connectivity index (χ2v) is 14.6. The summed E-state index contributed by atoms with van der Waals surface area (Å²) in [7, 11) is 0. The standard InChI is InChI=1S/C51H32N4O2/c1-3-13-31(14-4-1)49-52-50(32-15-5-2-6-16-32)54-51(53-49)34-26-28-45-40(30-34)47-35(19-12-24-46(47)56-45)33-25-27-44-39(29-33)38-20-11-23-43(48(38)57-44)55-41-21-9-7-17-36(41)37-18-8-10-22-42(37)55/h1-30,49H,(H,52,53,54). The van der Waals surface area contributed by atoms with Gasteiger partial charge in [0.1, 0.15) is 28.8 Å². The van der Waals surface area contributed by atoms with Gasteiger partial charge in [0.25, 0.3) is 0 Å². The second-order valence-electron chi connectivity index (χ2n) is 14.6. The van der Waals surface area contributed by atoms with Crippen molar-refractivity contribution >= 4 is 77.4 Å². The van der Waals surface area contributed by atoms with Gasteiger partial charge in [-0.15, -0.1) is 0 Å². The molecule has 0 bridgehead atoms. The van der Waals surface area contributed by atoms with Crippen LogP contribution < -0.4 is 5.32 Å². The third kappa shape index (κ3) is 4.97. The first-order chi connectivity index (χ1) is 28.2. The van der Waals surface area contributed by atoms with Crippen LogP contribution in [0.2, 0.25) is 0 Å². The Morgan fingerprint density at radius 3 is 1.91 bits per heavy atom. The van der Waals surface area contributed by atoms with Crippen molar-refractivity contribution in [2.24, 2.45) is 9.98 Å². The van der Waals surface area contributed by atoms with Crippen LogP contribution in [-0.2, 0) is 0 Å². The van der Waals surface area contributed by atoms with Crippen molar-refractivity contribution < 1.29 is 8.83 Å². The fourth-order valence-corrected chi connectivity index (χ4v) is 8.64.